The fourth-order valence-corrected chi connectivity index (χ4v) is 8.12. The molecule has 1 fully saturated rings. The minimum atomic E-state index is -0.536. The lowest BCUT2D eigenvalue weighted by atomic mass is 9.80. The number of hydrogen-bond acceptors (Lipinski definition) is 11. The summed E-state index contributed by atoms with van der Waals surface area (Å²) >= 11 is 1.58. The van der Waals surface area contributed by atoms with Gasteiger partial charge in [0.25, 0.3) is 0 Å². The summed E-state index contributed by atoms with van der Waals surface area (Å²) in [6.45, 7) is 9.40. The molecule has 316 valence electrons. The molecule has 0 aliphatic heterocycles. The first-order chi connectivity index (χ1) is 28.9. The van der Waals surface area contributed by atoms with Crippen LogP contribution in [0.25, 0.3) is 10.2 Å². The van der Waals surface area contributed by atoms with E-state index in [0.29, 0.717) is 54.1 Å². The molecule has 59 heavy (non-hydrogen) atoms. The van der Waals surface area contributed by atoms with Crippen LogP contribution < -0.4 is 19.2 Å². The Bertz CT molecular complexity index is 1920. The Balaban J connectivity index is 1.27. The Morgan fingerprint density at radius 3 is 2.27 bits per heavy atom. The van der Waals surface area contributed by atoms with E-state index in [-0.39, 0.29) is 11.9 Å². The van der Waals surface area contributed by atoms with Crippen molar-refractivity contribution >= 4 is 50.8 Å². The predicted octanol–water partition coefficient (Wildman–Crippen LogP) is 11.9. The molecule has 0 amide bonds. The van der Waals surface area contributed by atoms with Crippen molar-refractivity contribution in [2.75, 3.05) is 24.8 Å². The van der Waals surface area contributed by atoms with Gasteiger partial charge in [0.1, 0.15) is 17.2 Å². The molecule has 10 nitrogen and oxygen atoms in total. The van der Waals surface area contributed by atoms with Crippen LogP contribution in [0.2, 0.25) is 0 Å². The Morgan fingerprint density at radius 2 is 1.53 bits per heavy atom. The zero-order valence-corrected chi connectivity index (χ0v) is 35.7. The molecule has 0 radical (unpaired) electrons. The summed E-state index contributed by atoms with van der Waals surface area (Å²) in [5, 5.41) is 7.59. The Hall–Kier alpha value is -5.03. The van der Waals surface area contributed by atoms with Crippen LogP contribution in [0.4, 0.5) is 5.13 Å². The van der Waals surface area contributed by atoms with E-state index >= 15 is 0 Å². The average Bonchev–Trinajstić information content (AvgIpc) is 3.70. The fraction of sp³-hybridized carbons (Fsp3) is 0.479. The van der Waals surface area contributed by atoms with E-state index in [0.717, 1.165) is 92.4 Å². The molecule has 4 aromatic rings. The van der Waals surface area contributed by atoms with Crippen LogP contribution in [-0.2, 0) is 14.3 Å². The first kappa shape index (κ1) is 45.1. The Morgan fingerprint density at radius 1 is 0.814 bits per heavy atom. The monoisotopic (exact) mass is 823 g/mol. The minimum absolute atomic E-state index is 0.128. The van der Waals surface area contributed by atoms with Crippen molar-refractivity contribution in [1.82, 2.24) is 4.98 Å². The van der Waals surface area contributed by atoms with Crippen molar-refractivity contribution in [3.8, 4) is 17.2 Å². The Kier molecular flexibility index (Phi) is 18.9. The largest absolute Gasteiger partial charge is 0.494 e. The SMILES string of the molecule is C=CC(=O)OCCCCCCOc1ccc(C(=O)Oc2ccc(OC(=O)C3CCC(CCCCC)CC3)cc2C=NN(CCCCCC)c2nc3ccccc3s2)cc1. The zero-order valence-electron chi connectivity index (χ0n) is 34.9. The summed E-state index contributed by atoms with van der Waals surface area (Å²) in [5.41, 5.74) is 1.78. The number of carbonyl (C=O) groups is 3. The van der Waals surface area contributed by atoms with E-state index in [2.05, 4.69) is 26.5 Å². The van der Waals surface area contributed by atoms with Gasteiger partial charge in [-0.1, -0.05) is 88.8 Å². The van der Waals surface area contributed by atoms with Gasteiger partial charge in [0, 0.05) is 18.2 Å². The second-order valence-corrected chi connectivity index (χ2v) is 16.3. The van der Waals surface area contributed by atoms with Crippen molar-refractivity contribution in [3.05, 3.63) is 90.5 Å². The first-order valence-corrected chi connectivity index (χ1v) is 22.5. The maximum Gasteiger partial charge on any atom is 0.343 e. The lowest BCUT2D eigenvalue weighted by Gasteiger charge is -2.27. The fourth-order valence-electron chi connectivity index (χ4n) is 7.17. The van der Waals surface area contributed by atoms with Crippen LogP contribution >= 0.6 is 11.3 Å². The van der Waals surface area contributed by atoms with Crippen LogP contribution in [0.1, 0.15) is 133 Å². The molecule has 0 bridgehead atoms. The number of benzene rings is 3. The highest BCUT2D eigenvalue weighted by Gasteiger charge is 2.28. The molecule has 1 saturated carbocycles. The number of unbranched alkanes of at least 4 members (excludes halogenated alkanes) is 8. The highest BCUT2D eigenvalue weighted by Crippen LogP contribution is 2.34. The van der Waals surface area contributed by atoms with Crippen LogP contribution in [0.5, 0.6) is 17.2 Å². The average molecular weight is 824 g/mol. The summed E-state index contributed by atoms with van der Waals surface area (Å²) in [5.74, 6) is 0.737. The summed E-state index contributed by atoms with van der Waals surface area (Å²) in [6, 6.07) is 20.0. The van der Waals surface area contributed by atoms with Crippen LogP contribution in [0.3, 0.4) is 0 Å². The normalized spacial score (nSPS) is 15.2. The van der Waals surface area contributed by atoms with Gasteiger partial charge in [-0.3, -0.25) is 4.79 Å². The van der Waals surface area contributed by atoms with Crippen molar-refractivity contribution in [3.63, 3.8) is 0 Å². The lowest BCUT2D eigenvalue weighted by Crippen LogP contribution is -2.25. The van der Waals surface area contributed by atoms with E-state index < -0.39 is 11.9 Å². The lowest BCUT2D eigenvalue weighted by molar-refractivity contribution is -0.140. The molecule has 1 aliphatic rings. The van der Waals surface area contributed by atoms with Gasteiger partial charge >= 0.3 is 17.9 Å². The van der Waals surface area contributed by atoms with Gasteiger partial charge in [-0.2, -0.15) is 5.10 Å². The van der Waals surface area contributed by atoms with E-state index in [1.165, 1.54) is 31.8 Å². The molecule has 1 aliphatic carbocycles. The smallest absolute Gasteiger partial charge is 0.343 e. The highest BCUT2D eigenvalue weighted by atomic mass is 32.1. The van der Waals surface area contributed by atoms with E-state index in [1.54, 1.807) is 60.0 Å². The number of nitrogens with zero attached hydrogens (tertiary/aromatic N) is 3. The van der Waals surface area contributed by atoms with Crippen LogP contribution in [0, 0.1) is 11.8 Å². The van der Waals surface area contributed by atoms with Gasteiger partial charge in [-0.05, 0) is 118 Å². The van der Waals surface area contributed by atoms with Gasteiger partial charge in [-0.25, -0.2) is 19.6 Å². The van der Waals surface area contributed by atoms with Crippen LogP contribution in [-0.4, -0.2) is 48.9 Å². The summed E-state index contributed by atoms with van der Waals surface area (Å²) in [6.07, 6.45) is 19.4. The number of aromatic nitrogens is 1. The molecule has 11 heteroatoms. The molecular weight excluding hydrogens is 763 g/mol. The third-order valence-corrected chi connectivity index (χ3v) is 11.7. The molecule has 0 N–H and O–H groups in total. The zero-order chi connectivity index (χ0) is 41.7. The maximum atomic E-state index is 13.5. The summed E-state index contributed by atoms with van der Waals surface area (Å²) < 4.78 is 23.9. The third-order valence-electron chi connectivity index (χ3n) is 10.7. The number of hydrogen-bond donors (Lipinski definition) is 0. The van der Waals surface area contributed by atoms with Crippen molar-refractivity contribution < 1.29 is 33.3 Å². The second kappa shape index (κ2) is 24.8. The first-order valence-electron chi connectivity index (χ1n) is 21.6. The number of fused-ring (bicyclic) bond motifs is 1. The minimum Gasteiger partial charge on any atom is -0.494 e. The van der Waals surface area contributed by atoms with E-state index in [4.69, 9.17) is 29.0 Å². The number of anilines is 1. The van der Waals surface area contributed by atoms with Crippen molar-refractivity contribution in [2.24, 2.45) is 16.9 Å². The maximum absolute atomic E-state index is 13.5. The molecule has 1 aromatic heterocycles. The van der Waals surface area contributed by atoms with Crippen molar-refractivity contribution in [1.29, 1.82) is 0 Å². The molecule has 1 heterocycles. The third kappa shape index (κ3) is 14.9. The number of hydrazone groups is 1. The van der Waals surface area contributed by atoms with Gasteiger partial charge in [0.15, 0.2) is 0 Å². The van der Waals surface area contributed by atoms with Gasteiger partial charge in [0.2, 0.25) is 5.13 Å². The molecule has 0 saturated heterocycles. The number of para-hydroxylation sites is 1. The number of ether oxygens (including phenoxy) is 4. The molecule has 5 rings (SSSR count). The quantitative estimate of drug-likeness (QED) is 0.0161. The number of carbonyl (C=O) groups excluding carboxylic acids is 3. The summed E-state index contributed by atoms with van der Waals surface area (Å²) in [7, 11) is 0. The molecule has 0 spiro atoms. The number of rotatable bonds is 25. The number of thiazole rings is 1. The topological polar surface area (TPSA) is 117 Å². The second-order valence-electron chi connectivity index (χ2n) is 15.3. The van der Waals surface area contributed by atoms with Gasteiger partial charge in [0.05, 0.1) is 41.1 Å². The Labute approximate surface area is 354 Å². The van der Waals surface area contributed by atoms with Gasteiger partial charge in [-0.15, -0.1) is 0 Å². The predicted molar refractivity (Wildman–Crippen MR) is 237 cm³/mol. The molecule has 3 aromatic carbocycles. The number of esters is 3. The highest BCUT2D eigenvalue weighted by molar-refractivity contribution is 7.22. The van der Waals surface area contributed by atoms with Crippen molar-refractivity contribution in [2.45, 2.75) is 117 Å². The summed E-state index contributed by atoms with van der Waals surface area (Å²) in [4.78, 5) is 42.9. The van der Waals surface area contributed by atoms with Crippen LogP contribution in [0.15, 0.2) is 84.5 Å². The van der Waals surface area contributed by atoms with E-state index in [9.17, 15) is 14.4 Å². The molecule has 0 unspecified atom stereocenters. The standard InChI is InChI=1S/C48H61N3O7S/c1-4-7-9-15-31-51(48-50-42-19-13-14-20-44(42)59-48)49-35-39-34-41(57-46(53)37-23-21-36(22-24-37)18-12-8-5-2)29-30-43(39)58-47(54)38-25-27-40(28-26-38)55-32-16-10-11-17-33-56-45(52)6-3/h6,13-14,19-20,25-30,34-37H,3-5,7-12,15-18,21-24,31-33H2,1-2H3. The molecular formula is C48H61N3O7S. The van der Waals surface area contributed by atoms with E-state index in [1.807, 2.05) is 23.2 Å². The molecule has 0 atom stereocenters. The van der Waals surface area contributed by atoms with Gasteiger partial charge < -0.3 is 18.9 Å².